The molecule has 1 atom stereocenters. The lowest BCUT2D eigenvalue weighted by Gasteiger charge is -2.14. The van der Waals surface area contributed by atoms with Crippen LogP contribution in [0.4, 0.5) is 5.13 Å². The molecule has 7 heteroatoms. The van der Waals surface area contributed by atoms with Crippen LogP contribution < -0.4 is 11.1 Å². The largest absolute Gasteiger partial charge is 0.374 e. The number of carbonyl (C=O) groups excluding carboxylic acids is 1. The van der Waals surface area contributed by atoms with E-state index in [1.165, 1.54) is 29.5 Å². The highest BCUT2D eigenvalue weighted by molar-refractivity contribution is 8.01. The number of carbonyl (C=O) groups is 1. The summed E-state index contributed by atoms with van der Waals surface area (Å²) in [6.45, 7) is 6.48. The Labute approximate surface area is 122 Å². The van der Waals surface area contributed by atoms with Gasteiger partial charge < -0.3 is 11.1 Å². The molecule has 5 nitrogen and oxygen atoms in total. The number of anilines is 1. The minimum absolute atomic E-state index is 0.0378. The van der Waals surface area contributed by atoms with Crippen LogP contribution in [0.5, 0.6) is 0 Å². The van der Waals surface area contributed by atoms with Crippen LogP contribution in [0.25, 0.3) is 0 Å². The molecule has 1 aromatic rings. The topological polar surface area (TPSA) is 80.9 Å². The number of nitrogens with zero attached hydrogens (tertiary/aromatic N) is 2. The average Bonchev–Trinajstić information content (AvgIpc) is 2.72. The number of thioether (sulfide) groups is 1. The Morgan fingerprint density at radius 2 is 2.11 bits per heavy atom. The van der Waals surface area contributed by atoms with E-state index in [1.54, 1.807) is 0 Å². The highest BCUT2D eigenvalue weighted by atomic mass is 32.2. The second-order valence-electron chi connectivity index (χ2n) is 4.99. The van der Waals surface area contributed by atoms with Gasteiger partial charge in [0.25, 0.3) is 0 Å². The van der Waals surface area contributed by atoms with Crippen molar-refractivity contribution in [2.24, 2.45) is 5.92 Å². The number of amides is 1. The minimum Gasteiger partial charge on any atom is -0.374 e. The fourth-order valence-corrected chi connectivity index (χ4v) is 3.07. The molecule has 1 rings (SSSR count). The molecule has 0 aliphatic heterocycles. The van der Waals surface area contributed by atoms with E-state index < -0.39 is 0 Å². The van der Waals surface area contributed by atoms with Gasteiger partial charge in [0.1, 0.15) is 0 Å². The van der Waals surface area contributed by atoms with Gasteiger partial charge in [0.2, 0.25) is 11.0 Å². The maximum atomic E-state index is 11.7. The number of rotatable bonds is 8. The first-order valence-corrected chi connectivity index (χ1v) is 8.28. The van der Waals surface area contributed by atoms with Crippen molar-refractivity contribution < 1.29 is 4.79 Å². The first kappa shape index (κ1) is 16.2. The molecule has 1 aromatic heterocycles. The summed E-state index contributed by atoms with van der Waals surface area (Å²) in [7, 11) is 0. The normalized spacial score (nSPS) is 12.6. The number of nitrogens with one attached hydrogen (secondary N) is 1. The van der Waals surface area contributed by atoms with Crippen LogP contribution in [-0.4, -0.2) is 27.9 Å². The van der Waals surface area contributed by atoms with Gasteiger partial charge in [-0.3, -0.25) is 4.79 Å². The molecule has 0 bridgehead atoms. The molecule has 0 radical (unpaired) electrons. The standard InChI is InChI=1S/C12H22N4OS2/c1-8(2)5-4-6-9(3)14-10(17)7-18-12-16-15-11(13)19-12/h8-9H,4-7H2,1-3H3,(H2,13,15)(H,14,17). The summed E-state index contributed by atoms with van der Waals surface area (Å²) in [6.07, 6.45) is 3.39. The first-order chi connectivity index (χ1) is 8.97. The third kappa shape index (κ3) is 7.37. The SMILES string of the molecule is CC(C)CCCC(C)NC(=O)CSc1nnc(N)s1. The Hall–Kier alpha value is -0.820. The molecule has 1 unspecified atom stereocenters. The lowest BCUT2D eigenvalue weighted by molar-refractivity contribution is -0.119. The van der Waals surface area contributed by atoms with Crippen LogP contribution >= 0.6 is 23.1 Å². The van der Waals surface area contributed by atoms with E-state index in [9.17, 15) is 4.79 Å². The zero-order valence-corrected chi connectivity index (χ0v) is 13.3. The van der Waals surface area contributed by atoms with Crippen molar-refractivity contribution in [2.45, 2.75) is 50.4 Å². The molecule has 0 spiro atoms. The van der Waals surface area contributed by atoms with Gasteiger partial charge in [0.05, 0.1) is 5.75 Å². The lowest BCUT2D eigenvalue weighted by atomic mass is 10.0. The van der Waals surface area contributed by atoms with Crippen molar-refractivity contribution >= 4 is 34.1 Å². The van der Waals surface area contributed by atoms with Crippen molar-refractivity contribution in [3.63, 3.8) is 0 Å². The molecular weight excluding hydrogens is 280 g/mol. The monoisotopic (exact) mass is 302 g/mol. The summed E-state index contributed by atoms with van der Waals surface area (Å²) in [4.78, 5) is 11.7. The second-order valence-corrected chi connectivity index (χ2v) is 7.22. The summed E-state index contributed by atoms with van der Waals surface area (Å²) in [5.41, 5.74) is 5.48. The Morgan fingerprint density at radius 3 is 2.68 bits per heavy atom. The van der Waals surface area contributed by atoms with Crippen molar-refractivity contribution in [2.75, 3.05) is 11.5 Å². The summed E-state index contributed by atoms with van der Waals surface area (Å²) in [5, 5.41) is 11.0. The van der Waals surface area contributed by atoms with Crippen molar-refractivity contribution in [1.29, 1.82) is 0 Å². The molecule has 3 N–H and O–H groups in total. The van der Waals surface area contributed by atoms with Gasteiger partial charge in [-0.1, -0.05) is 49.8 Å². The summed E-state index contributed by atoms with van der Waals surface area (Å²) in [6, 6.07) is 0.228. The minimum atomic E-state index is 0.0378. The lowest BCUT2D eigenvalue weighted by Crippen LogP contribution is -2.33. The van der Waals surface area contributed by atoms with Crippen LogP contribution in [0.2, 0.25) is 0 Å². The van der Waals surface area contributed by atoms with Gasteiger partial charge in [0, 0.05) is 6.04 Å². The molecule has 19 heavy (non-hydrogen) atoms. The Balaban J connectivity index is 2.16. The van der Waals surface area contributed by atoms with E-state index in [-0.39, 0.29) is 11.9 Å². The quantitative estimate of drug-likeness (QED) is 0.721. The molecule has 0 saturated heterocycles. The second kappa shape index (κ2) is 8.37. The molecule has 0 aromatic carbocycles. The van der Waals surface area contributed by atoms with Crippen LogP contribution in [0, 0.1) is 5.92 Å². The number of hydrogen-bond acceptors (Lipinski definition) is 6. The van der Waals surface area contributed by atoms with E-state index >= 15 is 0 Å². The number of nitrogen functional groups attached to an aromatic ring is 1. The zero-order valence-electron chi connectivity index (χ0n) is 11.7. The highest BCUT2D eigenvalue weighted by Crippen LogP contribution is 2.23. The fraction of sp³-hybridized carbons (Fsp3) is 0.750. The van der Waals surface area contributed by atoms with Crippen molar-refractivity contribution in [1.82, 2.24) is 15.5 Å². The first-order valence-electron chi connectivity index (χ1n) is 6.48. The molecule has 0 aliphatic rings. The van der Waals surface area contributed by atoms with Gasteiger partial charge in [-0.15, -0.1) is 10.2 Å². The molecule has 1 heterocycles. The van der Waals surface area contributed by atoms with E-state index in [0.717, 1.165) is 23.1 Å². The van der Waals surface area contributed by atoms with Gasteiger partial charge in [-0.2, -0.15) is 0 Å². The van der Waals surface area contributed by atoms with Gasteiger partial charge in [-0.25, -0.2) is 0 Å². The summed E-state index contributed by atoms with van der Waals surface area (Å²) < 4.78 is 0.736. The average molecular weight is 302 g/mol. The van der Waals surface area contributed by atoms with E-state index in [1.807, 2.05) is 6.92 Å². The molecule has 0 fully saturated rings. The maximum Gasteiger partial charge on any atom is 0.230 e. The number of aromatic nitrogens is 2. The molecule has 108 valence electrons. The third-order valence-corrected chi connectivity index (χ3v) is 4.46. The predicted molar refractivity (Wildman–Crippen MR) is 81.3 cm³/mol. The van der Waals surface area contributed by atoms with Gasteiger partial charge in [-0.05, 0) is 19.3 Å². The van der Waals surface area contributed by atoms with Crippen molar-refractivity contribution in [3.8, 4) is 0 Å². The summed E-state index contributed by atoms with van der Waals surface area (Å²) in [5.74, 6) is 1.13. The van der Waals surface area contributed by atoms with Crippen molar-refractivity contribution in [3.05, 3.63) is 0 Å². The van der Waals surface area contributed by atoms with E-state index in [4.69, 9.17) is 5.73 Å². The van der Waals surface area contributed by atoms with Gasteiger partial charge >= 0.3 is 0 Å². The highest BCUT2D eigenvalue weighted by Gasteiger charge is 2.10. The van der Waals surface area contributed by atoms with E-state index in [2.05, 4.69) is 29.4 Å². The molecular formula is C12H22N4OS2. The van der Waals surface area contributed by atoms with Crippen LogP contribution in [0.1, 0.15) is 40.0 Å². The van der Waals surface area contributed by atoms with Crippen LogP contribution in [-0.2, 0) is 4.79 Å². The number of nitrogens with two attached hydrogens (primary N) is 1. The fourth-order valence-electron chi connectivity index (χ4n) is 1.63. The van der Waals surface area contributed by atoms with Gasteiger partial charge in [0.15, 0.2) is 4.34 Å². The Bertz CT molecular complexity index is 395. The van der Waals surface area contributed by atoms with Crippen LogP contribution in [0.15, 0.2) is 4.34 Å². The number of hydrogen-bond donors (Lipinski definition) is 2. The molecule has 0 aliphatic carbocycles. The molecule has 1 amide bonds. The zero-order chi connectivity index (χ0) is 14.3. The Kier molecular flexibility index (Phi) is 7.15. The summed E-state index contributed by atoms with van der Waals surface area (Å²) >= 11 is 2.68. The third-order valence-electron chi connectivity index (χ3n) is 2.57. The maximum absolute atomic E-state index is 11.7. The van der Waals surface area contributed by atoms with Crippen LogP contribution in [0.3, 0.4) is 0 Å². The molecule has 0 saturated carbocycles. The predicted octanol–water partition coefficient (Wildman–Crippen LogP) is 2.54. The Morgan fingerprint density at radius 1 is 1.37 bits per heavy atom. The smallest absolute Gasteiger partial charge is 0.230 e. The van der Waals surface area contributed by atoms with E-state index in [0.29, 0.717) is 10.9 Å².